The zero-order valence-corrected chi connectivity index (χ0v) is 6.22. The molecule has 0 unspecified atom stereocenters. The number of nitrogens with two attached hydrogens (primary N) is 1. The minimum Gasteiger partial charge on any atom is -0.330 e. The van der Waals surface area contributed by atoms with Crippen LogP contribution in [0.4, 0.5) is 0 Å². The molecule has 0 radical (unpaired) electrons. The summed E-state index contributed by atoms with van der Waals surface area (Å²) < 4.78 is 0. The van der Waals surface area contributed by atoms with E-state index in [1.54, 1.807) is 0 Å². The lowest BCUT2D eigenvalue weighted by Crippen LogP contribution is -1.98. The van der Waals surface area contributed by atoms with Crippen LogP contribution in [0.25, 0.3) is 0 Å². The fourth-order valence-corrected chi connectivity index (χ4v) is 1.05. The number of hydrogen-bond donors (Lipinski definition) is 1. The van der Waals surface area contributed by atoms with Crippen LogP contribution in [0.3, 0.4) is 0 Å². The highest BCUT2D eigenvalue weighted by molar-refractivity contribution is 5.15. The van der Waals surface area contributed by atoms with Crippen LogP contribution in [0.1, 0.15) is 18.4 Å². The first-order valence-corrected chi connectivity index (χ1v) is 3.84. The second kappa shape index (κ2) is 4.18. The molecule has 0 aliphatic heterocycles. The van der Waals surface area contributed by atoms with Crippen molar-refractivity contribution in [3.8, 4) is 0 Å². The summed E-state index contributed by atoms with van der Waals surface area (Å²) in [6.45, 7) is 0.820. The molecule has 0 aliphatic carbocycles. The average molecular weight is 136 g/mol. The highest BCUT2D eigenvalue weighted by Crippen LogP contribution is 2.04. The molecule has 1 rings (SSSR count). The molecule has 56 valence electrons. The Labute approximate surface area is 62.2 Å². The Hall–Kier alpha value is -0.690. The maximum atomic E-state index is 5.37. The maximum absolute atomic E-state index is 5.37. The smallest absolute Gasteiger partial charge is 0.00775 e. The van der Waals surface area contributed by atoms with E-state index < -0.39 is 0 Å². The summed E-state index contributed by atoms with van der Waals surface area (Å²) in [7, 11) is 0. The highest BCUT2D eigenvalue weighted by atomic mass is 14.5. The van der Waals surface area contributed by atoms with E-state index in [0.717, 1.165) is 13.0 Å². The quantitative estimate of drug-likeness (QED) is 0.494. The van der Waals surface area contributed by atoms with Gasteiger partial charge < -0.3 is 5.73 Å². The minimum atomic E-state index is 0.820. The van der Waals surface area contributed by atoms with Crippen LogP contribution in [0.2, 0.25) is 0 Å². The SMILES string of the molecule is NCCCC[c-]1cccc1. The molecule has 0 atom stereocenters. The largest absolute Gasteiger partial charge is 0.330 e. The third-order valence-corrected chi connectivity index (χ3v) is 1.65. The van der Waals surface area contributed by atoms with Gasteiger partial charge in [-0.3, -0.25) is 0 Å². The molecule has 0 spiro atoms. The summed E-state index contributed by atoms with van der Waals surface area (Å²) >= 11 is 0. The van der Waals surface area contributed by atoms with Gasteiger partial charge in [-0.1, -0.05) is 12.8 Å². The van der Waals surface area contributed by atoms with Crippen molar-refractivity contribution in [2.45, 2.75) is 19.3 Å². The van der Waals surface area contributed by atoms with E-state index in [-0.39, 0.29) is 0 Å². The zero-order valence-electron chi connectivity index (χ0n) is 6.22. The van der Waals surface area contributed by atoms with E-state index in [4.69, 9.17) is 5.73 Å². The van der Waals surface area contributed by atoms with Crippen molar-refractivity contribution in [3.63, 3.8) is 0 Å². The Morgan fingerprint density at radius 3 is 2.40 bits per heavy atom. The number of hydrogen-bond acceptors (Lipinski definition) is 1. The molecule has 1 heteroatoms. The van der Waals surface area contributed by atoms with Gasteiger partial charge in [0.05, 0.1) is 0 Å². The van der Waals surface area contributed by atoms with Crippen molar-refractivity contribution in [1.29, 1.82) is 0 Å². The summed E-state index contributed by atoms with van der Waals surface area (Å²) in [4.78, 5) is 0. The molecule has 10 heavy (non-hydrogen) atoms. The second-order valence-corrected chi connectivity index (χ2v) is 2.54. The van der Waals surface area contributed by atoms with Gasteiger partial charge >= 0.3 is 0 Å². The Morgan fingerprint density at radius 2 is 1.80 bits per heavy atom. The van der Waals surface area contributed by atoms with Crippen LogP contribution in [-0.2, 0) is 6.42 Å². The summed E-state index contributed by atoms with van der Waals surface area (Å²) in [6, 6.07) is 8.49. The summed E-state index contributed by atoms with van der Waals surface area (Å²) in [5, 5.41) is 0. The van der Waals surface area contributed by atoms with E-state index in [9.17, 15) is 0 Å². The van der Waals surface area contributed by atoms with Crippen molar-refractivity contribution in [3.05, 3.63) is 29.8 Å². The van der Waals surface area contributed by atoms with Gasteiger partial charge in [0.25, 0.3) is 0 Å². The van der Waals surface area contributed by atoms with Crippen molar-refractivity contribution < 1.29 is 0 Å². The van der Waals surface area contributed by atoms with E-state index in [2.05, 4.69) is 24.3 Å². The van der Waals surface area contributed by atoms with E-state index in [1.807, 2.05) is 0 Å². The Kier molecular flexibility index (Phi) is 3.10. The predicted molar refractivity (Wildman–Crippen MR) is 44.0 cm³/mol. The average Bonchev–Trinajstić information content (AvgIpc) is 2.41. The van der Waals surface area contributed by atoms with Gasteiger partial charge in [-0.2, -0.15) is 17.7 Å². The third kappa shape index (κ3) is 2.28. The summed E-state index contributed by atoms with van der Waals surface area (Å²) in [6.07, 6.45) is 3.55. The van der Waals surface area contributed by atoms with Crippen LogP contribution < -0.4 is 5.73 Å². The van der Waals surface area contributed by atoms with Gasteiger partial charge in [-0.15, -0.1) is 0 Å². The van der Waals surface area contributed by atoms with Crippen molar-refractivity contribution in [2.75, 3.05) is 6.54 Å². The lowest BCUT2D eigenvalue weighted by atomic mass is 10.1. The third-order valence-electron chi connectivity index (χ3n) is 1.65. The maximum Gasteiger partial charge on any atom is -0.00775 e. The summed E-state index contributed by atoms with van der Waals surface area (Å²) in [5.41, 5.74) is 6.81. The first kappa shape index (κ1) is 7.42. The monoisotopic (exact) mass is 136 g/mol. The lowest BCUT2D eigenvalue weighted by Gasteiger charge is -1.99. The fraction of sp³-hybridized carbons (Fsp3) is 0.444. The van der Waals surface area contributed by atoms with Crippen molar-refractivity contribution in [2.24, 2.45) is 5.73 Å². The molecule has 0 saturated heterocycles. The van der Waals surface area contributed by atoms with Crippen LogP contribution >= 0.6 is 0 Å². The molecule has 0 heterocycles. The summed E-state index contributed by atoms with van der Waals surface area (Å²) in [5.74, 6) is 0. The van der Waals surface area contributed by atoms with Crippen LogP contribution in [-0.4, -0.2) is 6.54 Å². The zero-order chi connectivity index (χ0) is 7.23. The highest BCUT2D eigenvalue weighted by Gasteiger charge is 1.84. The minimum absolute atomic E-state index is 0.820. The van der Waals surface area contributed by atoms with Crippen LogP contribution in [0.15, 0.2) is 24.3 Å². The normalized spacial score (nSPS) is 10.1. The topological polar surface area (TPSA) is 26.0 Å². The Balaban J connectivity index is 2.15. The van der Waals surface area contributed by atoms with Gasteiger partial charge in [0.1, 0.15) is 0 Å². The Bertz CT molecular complexity index is 153. The molecular formula is C9H14N-. The molecule has 0 fully saturated rings. The van der Waals surface area contributed by atoms with E-state index >= 15 is 0 Å². The Morgan fingerprint density at radius 1 is 1.10 bits per heavy atom. The lowest BCUT2D eigenvalue weighted by molar-refractivity contribution is 0.746. The van der Waals surface area contributed by atoms with Crippen molar-refractivity contribution in [1.82, 2.24) is 0 Å². The van der Waals surface area contributed by atoms with Gasteiger partial charge in [0, 0.05) is 0 Å². The molecule has 1 aromatic carbocycles. The predicted octanol–water partition coefficient (Wildman–Crippen LogP) is 1.69. The number of aryl methyl sites for hydroxylation is 1. The molecule has 0 amide bonds. The molecule has 1 nitrogen and oxygen atoms in total. The first-order chi connectivity index (χ1) is 4.93. The number of unbranched alkanes of at least 4 members (excludes halogenated alkanes) is 1. The molecule has 0 aliphatic rings. The van der Waals surface area contributed by atoms with E-state index in [0.29, 0.717) is 0 Å². The molecule has 0 saturated carbocycles. The molecular weight excluding hydrogens is 122 g/mol. The second-order valence-electron chi connectivity index (χ2n) is 2.54. The van der Waals surface area contributed by atoms with Gasteiger partial charge in [-0.05, 0) is 13.0 Å². The van der Waals surface area contributed by atoms with Gasteiger partial charge in [0.2, 0.25) is 0 Å². The van der Waals surface area contributed by atoms with Crippen LogP contribution in [0, 0.1) is 0 Å². The standard InChI is InChI=1S/C9H14N/c10-8-4-3-7-9-5-1-2-6-9/h1-2,5-6H,3-4,7-8,10H2/q-1. The molecule has 0 bridgehead atoms. The molecule has 2 N–H and O–H groups in total. The molecule has 1 aromatic rings. The van der Waals surface area contributed by atoms with Crippen LogP contribution in [0.5, 0.6) is 0 Å². The van der Waals surface area contributed by atoms with Gasteiger partial charge in [0.15, 0.2) is 0 Å². The first-order valence-electron chi connectivity index (χ1n) is 3.84. The number of rotatable bonds is 4. The van der Waals surface area contributed by atoms with E-state index in [1.165, 1.54) is 18.4 Å². The molecule has 0 aromatic heterocycles. The fourth-order valence-electron chi connectivity index (χ4n) is 1.05. The van der Waals surface area contributed by atoms with Gasteiger partial charge in [-0.25, -0.2) is 12.1 Å². The van der Waals surface area contributed by atoms with Crippen molar-refractivity contribution >= 4 is 0 Å².